The number of rotatable bonds is 10. The van der Waals surface area contributed by atoms with Gasteiger partial charge >= 0.3 is 6.18 Å². The second-order valence-corrected chi connectivity index (χ2v) is 12.7. The minimum Gasteiger partial charge on any atom is -0.383 e. The molecule has 0 aliphatic carbocycles. The van der Waals surface area contributed by atoms with Crippen LogP contribution in [0.2, 0.25) is 0 Å². The number of piperidine rings is 1. The van der Waals surface area contributed by atoms with Crippen LogP contribution in [0.5, 0.6) is 0 Å². The zero-order valence-electron chi connectivity index (χ0n) is 27.3. The lowest BCUT2D eigenvalue weighted by Gasteiger charge is -2.36. The number of aromatic nitrogens is 1. The minimum absolute atomic E-state index is 0.0161. The molecular weight excluding hydrogens is 632 g/mol. The molecule has 0 unspecified atom stereocenters. The Morgan fingerprint density at radius 3 is 2.52 bits per heavy atom. The largest absolute Gasteiger partial charge is 0.416 e. The Hall–Kier alpha value is -3.75. The number of carbonyl (C=O) groups is 1. The Bertz CT molecular complexity index is 1480. The van der Waals surface area contributed by atoms with Crippen molar-refractivity contribution < 1.29 is 36.4 Å². The number of aryl methyl sites for hydroxylation is 1. The van der Waals surface area contributed by atoms with Crippen molar-refractivity contribution in [1.29, 1.82) is 0 Å². The van der Waals surface area contributed by atoms with Crippen molar-refractivity contribution in [2.75, 3.05) is 32.8 Å². The van der Waals surface area contributed by atoms with Gasteiger partial charge in [0.05, 0.1) is 24.4 Å². The highest BCUT2D eigenvalue weighted by molar-refractivity contribution is 6.02. The van der Waals surface area contributed by atoms with E-state index >= 15 is 0 Å². The lowest BCUT2D eigenvalue weighted by Crippen LogP contribution is -2.52. The van der Waals surface area contributed by atoms with Gasteiger partial charge in [-0.15, -0.1) is 0 Å². The number of halogens is 4. The Morgan fingerprint density at radius 1 is 1.15 bits per heavy atom. The number of amidine groups is 1. The molecule has 1 amide bonds. The van der Waals surface area contributed by atoms with Gasteiger partial charge in [0.1, 0.15) is 23.3 Å². The molecule has 1 aromatic carbocycles. The number of nitrogens with one attached hydrogen (secondary N) is 2. The Labute approximate surface area is 277 Å². The number of alkyl halides is 4. The van der Waals surface area contributed by atoms with Gasteiger partial charge in [-0.05, 0) is 70.1 Å². The molecule has 4 atom stereocenters. The maximum atomic E-state index is 14.3. The molecule has 3 aliphatic heterocycles. The van der Waals surface area contributed by atoms with Crippen LogP contribution in [0.3, 0.4) is 0 Å². The summed E-state index contributed by atoms with van der Waals surface area (Å²) in [6, 6.07) is 6.53. The van der Waals surface area contributed by atoms with Crippen LogP contribution in [0.1, 0.15) is 74.1 Å². The fourth-order valence-corrected chi connectivity index (χ4v) is 6.24. The van der Waals surface area contributed by atoms with Gasteiger partial charge in [-0.25, -0.2) is 9.38 Å². The van der Waals surface area contributed by atoms with Crippen LogP contribution in [0.25, 0.3) is 0 Å². The Kier molecular flexibility index (Phi) is 11.6. The van der Waals surface area contributed by atoms with Crippen molar-refractivity contribution in [1.82, 2.24) is 20.7 Å². The van der Waals surface area contributed by atoms with Crippen molar-refractivity contribution in [3.8, 4) is 0 Å². The van der Waals surface area contributed by atoms with Gasteiger partial charge in [-0.3, -0.25) is 4.79 Å². The van der Waals surface area contributed by atoms with Crippen LogP contribution >= 0.6 is 0 Å². The van der Waals surface area contributed by atoms with Crippen LogP contribution < -0.4 is 16.4 Å². The predicted molar refractivity (Wildman–Crippen MR) is 172 cm³/mol. The number of carbonyl (C=O) groups excluding carboxylic acids is 1. The first-order chi connectivity index (χ1) is 22.9. The summed E-state index contributed by atoms with van der Waals surface area (Å²) in [5, 5.41) is 10.6. The third-order valence-corrected chi connectivity index (χ3v) is 9.15. The summed E-state index contributed by atoms with van der Waals surface area (Å²) >= 11 is 0. The normalized spacial score (nSPS) is 25.0. The van der Waals surface area contributed by atoms with Gasteiger partial charge in [0.25, 0.3) is 5.91 Å². The van der Waals surface area contributed by atoms with Gasteiger partial charge < -0.3 is 35.3 Å². The standard InChI is InChI=1S/C34H44F4N6O4/c1-20-17-29(43-48-20)32(39)42-31(33(45)44-14-11-25(12-15-44)41-28-13-16-46-19-27(28)35)21(2)22(3)40-18-26-5-4-6-30(47-26)23-7-9-24(10-8-23)34(36,37)38/h7-10,17,25-28,30,40-41H,3-6,11-16,18-19H2,1-2H3,(H2,39,42)/b31-21-/t26-,27+,28-,30+/m1/s1. The van der Waals surface area contributed by atoms with Crippen molar-refractivity contribution in [3.63, 3.8) is 0 Å². The molecule has 4 heterocycles. The van der Waals surface area contributed by atoms with Crippen molar-refractivity contribution in [2.24, 2.45) is 10.7 Å². The fraction of sp³-hybridized carbons (Fsp3) is 0.559. The van der Waals surface area contributed by atoms with E-state index in [1.807, 2.05) is 0 Å². The number of allylic oxidation sites excluding steroid dienone is 1. The highest BCUT2D eigenvalue weighted by Gasteiger charge is 2.33. The molecule has 2 aromatic rings. The molecule has 3 saturated heterocycles. The Morgan fingerprint density at radius 2 is 1.88 bits per heavy atom. The molecule has 3 aliphatic rings. The molecule has 10 nitrogen and oxygen atoms in total. The average Bonchev–Trinajstić information content (AvgIpc) is 3.53. The topological polar surface area (TPSA) is 127 Å². The van der Waals surface area contributed by atoms with E-state index < -0.39 is 17.9 Å². The van der Waals surface area contributed by atoms with E-state index in [1.54, 1.807) is 24.8 Å². The molecule has 3 fully saturated rings. The Balaban J connectivity index is 1.25. The monoisotopic (exact) mass is 676 g/mol. The molecule has 0 saturated carbocycles. The van der Waals surface area contributed by atoms with Crippen molar-refractivity contribution in [3.05, 3.63) is 76.5 Å². The van der Waals surface area contributed by atoms with Gasteiger partial charge in [0.2, 0.25) is 0 Å². The summed E-state index contributed by atoms with van der Waals surface area (Å²) in [4.78, 5) is 20.2. The van der Waals surface area contributed by atoms with E-state index in [9.17, 15) is 22.4 Å². The highest BCUT2D eigenvalue weighted by atomic mass is 19.4. The SMILES string of the molecule is C=C(NC[C@H]1CCC[C@@H](c2ccc(C(F)(F)F)cc2)O1)/C(C)=C(\N=C(N)c1cc(C)on1)C(=O)N1CCC(N[C@@H]2CCOC[C@@H]2F)CC1. The number of amides is 1. The van der Waals surface area contributed by atoms with Crippen molar-refractivity contribution in [2.45, 2.75) is 89.0 Å². The maximum absolute atomic E-state index is 14.3. The number of hydrogen-bond donors (Lipinski definition) is 3. The molecule has 1 aromatic heterocycles. The molecule has 5 rings (SSSR count). The van der Waals surface area contributed by atoms with Gasteiger partial charge in [-0.1, -0.05) is 23.9 Å². The van der Waals surface area contributed by atoms with Crippen LogP contribution in [-0.4, -0.2) is 79.0 Å². The summed E-state index contributed by atoms with van der Waals surface area (Å²) in [6.07, 6.45) is -1.80. The molecular formula is C34H44F4N6O4. The smallest absolute Gasteiger partial charge is 0.383 e. The second-order valence-electron chi connectivity index (χ2n) is 12.7. The number of nitrogens with zero attached hydrogens (tertiary/aromatic N) is 3. The summed E-state index contributed by atoms with van der Waals surface area (Å²) in [5.74, 6) is 0.240. The predicted octanol–water partition coefficient (Wildman–Crippen LogP) is 5.10. The number of ether oxygens (including phenoxy) is 2. The molecule has 4 N–H and O–H groups in total. The number of nitrogens with two attached hydrogens (primary N) is 1. The number of benzene rings is 1. The maximum Gasteiger partial charge on any atom is 0.416 e. The van der Waals surface area contributed by atoms with Crippen LogP contribution in [0.4, 0.5) is 17.6 Å². The van der Waals surface area contributed by atoms with Gasteiger partial charge in [0, 0.05) is 55.7 Å². The zero-order chi connectivity index (χ0) is 34.4. The molecule has 0 radical (unpaired) electrons. The quantitative estimate of drug-likeness (QED) is 0.104. The van der Waals surface area contributed by atoms with E-state index in [1.165, 1.54) is 12.1 Å². The van der Waals surface area contributed by atoms with Gasteiger partial charge in [0.15, 0.2) is 5.84 Å². The first-order valence-corrected chi connectivity index (χ1v) is 16.4. The first kappa shape index (κ1) is 35.6. The van der Waals surface area contributed by atoms with Crippen LogP contribution in [0.15, 0.2) is 63.4 Å². The third-order valence-electron chi connectivity index (χ3n) is 9.15. The molecule has 14 heteroatoms. The van der Waals surface area contributed by atoms with Crippen LogP contribution in [0, 0.1) is 6.92 Å². The summed E-state index contributed by atoms with van der Waals surface area (Å²) in [6.45, 7) is 9.52. The number of likely N-dealkylation sites (tertiary alicyclic amines) is 1. The number of hydrogen-bond acceptors (Lipinski definition) is 8. The highest BCUT2D eigenvalue weighted by Crippen LogP contribution is 2.34. The lowest BCUT2D eigenvalue weighted by atomic mass is 9.97. The summed E-state index contributed by atoms with van der Waals surface area (Å²) in [5.41, 5.74) is 7.63. The van der Waals surface area contributed by atoms with E-state index in [-0.39, 0.29) is 48.3 Å². The number of aliphatic imine (C=N–C) groups is 1. The molecule has 262 valence electrons. The molecule has 48 heavy (non-hydrogen) atoms. The van der Waals surface area contributed by atoms with E-state index in [0.29, 0.717) is 80.2 Å². The van der Waals surface area contributed by atoms with E-state index in [2.05, 4.69) is 27.4 Å². The van der Waals surface area contributed by atoms with E-state index in [4.69, 9.17) is 19.7 Å². The summed E-state index contributed by atoms with van der Waals surface area (Å²) in [7, 11) is 0. The molecule has 0 bridgehead atoms. The average molecular weight is 677 g/mol. The molecule has 0 spiro atoms. The third kappa shape index (κ3) is 9.03. The zero-order valence-corrected chi connectivity index (χ0v) is 27.3. The summed E-state index contributed by atoms with van der Waals surface area (Å²) < 4.78 is 70.0. The minimum atomic E-state index is -4.40. The second kappa shape index (κ2) is 15.6. The van der Waals surface area contributed by atoms with E-state index in [0.717, 1.165) is 25.0 Å². The fourth-order valence-electron chi connectivity index (χ4n) is 6.24. The van der Waals surface area contributed by atoms with Gasteiger partial charge in [-0.2, -0.15) is 13.2 Å². The lowest BCUT2D eigenvalue weighted by molar-refractivity contribution is -0.137. The van der Waals surface area contributed by atoms with Crippen molar-refractivity contribution >= 4 is 11.7 Å². The van der Waals surface area contributed by atoms with Crippen LogP contribution in [-0.2, 0) is 20.4 Å². The first-order valence-electron chi connectivity index (χ1n) is 16.4.